The van der Waals surface area contributed by atoms with Gasteiger partial charge in [0.25, 0.3) is 0 Å². The number of fused-ring (bicyclic) bond motifs is 12. The Kier molecular flexibility index (Phi) is 8.06. The molecular formula is C61H39NS. The number of thiophene rings is 1. The molecule has 1 aromatic heterocycles. The molecule has 294 valence electrons. The van der Waals surface area contributed by atoms with Crippen LogP contribution in [-0.4, -0.2) is 0 Å². The fourth-order valence-electron chi connectivity index (χ4n) is 10.9. The smallest absolute Gasteiger partial charge is 0.0754 e. The lowest BCUT2D eigenvalue weighted by Crippen LogP contribution is -2.36. The van der Waals surface area contributed by atoms with Crippen molar-refractivity contribution in [2.24, 2.45) is 0 Å². The maximum atomic E-state index is 2.58. The monoisotopic (exact) mass is 817 g/mol. The lowest BCUT2D eigenvalue weighted by atomic mass is 9.63. The van der Waals surface area contributed by atoms with Gasteiger partial charge in [-0.25, -0.2) is 0 Å². The SMILES string of the molecule is c1ccc(-c2ccccc2-c2ccc3c(c2)C2(c4ccccc4-c4ccccc42)c2cc(-c4ccccc4-c4ccccc4)ccc2N3c2cccc3sc4ccccc4c23)cc1. The molecule has 2 aliphatic rings. The largest absolute Gasteiger partial charge is 0.309 e. The molecule has 0 amide bonds. The Hall–Kier alpha value is -7.78. The van der Waals surface area contributed by atoms with Gasteiger partial charge in [0.1, 0.15) is 0 Å². The number of anilines is 3. The van der Waals surface area contributed by atoms with Crippen molar-refractivity contribution in [3.63, 3.8) is 0 Å². The molecule has 1 spiro atoms. The van der Waals surface area contributed by atoms with E-state index in [1.807, 2.05) is 11.3 Å². The van der Waals surface area contributed by atoms with Gasteiger partial charge in [-0.15, -0.1) is 11.3 Å². The number of benzene rings is 10. The fraction of sp³-hybridized carbons (Fsp3) is 0.0164. The Bertz CT molecular complexity index is 3400. The topological polar surface area (TPSA) is 3.24 Å². The highest BCUT2D eigenvalue weighted by Gasteiger charge is 2.52. The zero-order valence-corrected chi connectivity index (χ0v) is 35.2. The van der Waals surface area contributed by atoms with Gasteiger partial charge in [-0.2, -0.15) is 0 Å². The van der Waals surface area contributed by atoms with E-state index in [1.165, 1.54) is 115 Å². The zero-order valence-electron chi connectivity index (χ0n) is 34.4. The summed E-state index contributed by atoms with van der Waals surface area (Å²) in [4.78, 5) is 2.58. The molecule has 13 rings (SSSR count). The van der Waals surface area contributed by atoms with E-state index in [9.17, 15) is 0 Å². The van der Waals surface area contributed by atoms with Crippen LogP contribution in [0.2, 0.25) is 0 Å². The normalized spacial score (nSPS) is 13.2. The predicted octanol–water partition coefficient (Wildman–Crippen LogP) is 16.9. The second-order valence-corrected chi connectivity index (χ2v) is 17.8. The van der Waals surface area contributed by atoms with E-state index >= 15 is 0 Å². The standard InChI is InChI=1S/C61H39NS/c1-3-18-40(19-4-1)44-22-7-9-24-46(44)42-34-36-55-53(38-42)61(51-29-14-11-26-48(51)49-27-12-15-30-52(49)61)54-39-43(47-25-10-8-23-45(47)41-20-5-2-6-21-41)35-37-56(54)62(55)57-31-17-33-59-60(57)50-28-13-16-32-58(50)63-59/h1-39H. The molecule has 0 unspecified atom stereocenters. The van der Waals surface area contributed by atoms with Gasteiger partial charge in [-0.1, -0.05) is 194 Å². The molecular weight excluding hydrogens is 779 g/mol. The van der Waals surface area contributed by atoms with Gasteiger partial charge in [-0.05, 0) is 120 Å². The molecule has 1 aliphatic carbocycles. The maximum Gasteiger partial charge on any atom is 0.0754 e. The molecule has 11 aromatic rings. The van der Waals surface area contributed by atoms with Crippen molar-refractivity contribution in [3.05, 3.63) is 259 Å². The molecule has 1 nitrogen and oxygen atoms in total. The second-order valence-electron chi connectivity index (χ2n) is 16.7. The molecule has 0 bridgehead atoms. The van der Waals surface area contributed by atoms with Crippen molar-refractivity contribution < 1.29 is 0 Å². The van der Waals surface area contributed by atoms with Gasteiger partial charge in [0, 0.05) is 20.2 Å². The Morgan fingerprint density at radius 2 is 0.714 bits per heavy atom. The highest BCUT2D eigenvalue weighted by Crippen LogP contribution is 2.65. The first-order valence-corrected chi connectivity index (χ1v) is 22.6. The first-order chi connectivity index (χ1) is 31.3. The van der Waals surface area contributed by atoms with Crippen LogP contribution in [0.15, 0.2) is 237 Å². The maximum absolute atomic E-state index is 2.58. The Morgan fingerprint density at radius 3 is 1.25 bits per heavy atom. The van der Waals surface area contributed by atoms with Crippen LogP contribution in [0, 0.1) is 0 Å². The van der Waals surface area contributed by atoms with Crippen LogP contribution in [0.3, 0.4) is 0 Å². The van der Waals surface area contributed by atoms with E-state index in [0.717, 1.165) is 0 Å². The minimum Gasteiger partial charge on any atom is -0.309 e. The van der Waals surface area contributed by atoms with Crippen LogP contribution in [0.4, 0.5) is 17.1 Å². The minimum atomic E-state index is -0.631. The summed E-state index contributed by atoms with van der Waals surface area (Å²) >= 11 is 1.87. The molecule has 63 heavy (non-hydrogen) atoms. The van der Waals surface area contributed by atoms with E-state index in [1.54, 1.807) is 0 Å². The van der Waals surface area contributed by atoms with Gasteiger partial charge in [0.15, 0.2) is 0 Å². The molecule has 10 aromatic carbocycles. The van der Waals surface area contributed by atoms with Crippen LogP contribution < -0.4 is 4.90 Å². The highest BCUT2D eigenvalue weighted by atomic mass is 32.1. The fourth-order valence-corrected chi connectivity index (χ4v) is 12.0. The molecule has 0 atom stereocenters. The number of hydrogen-bond donors (Lipinski definition) is 0. The van der Waals surface area contributed by atoms with Crippen LogP contribution in [0.1, 0.15) is 22.3 Å². The molecule has 0 saturated heterocycles. The molecule has 0 saturated carbocycles. The predicted molar refractivity (Wildman–Crippen MR) is 267 cm³/mol. The molecule has 2 heteroatoms. The van der Waals surface area contributed by atoms with Crippen LogP contribution >= 0.6 is 11.3 Å². The van der Waals surface area contributed by atoms with Crippen molar-refractivity contribution in [2.45, 2.75) is 5.41 Å². The van der Waals surface area contributed by atoms with Gasteiger partial charge >= 0.3 is 0 Å². The summed E-state index contributed by atoms with van der Waals surface area (Å²) in [5.41, 5.74) is 20.4. The summed E-state index contributed by atoms with van der Waals surface area (Å²) in [6, 6.07) is 88.1. The number of nitrogens with zero attached hydrogens (tertiary/aromatic N) is 1. The summed E-state index contributed by atoms with van der Waals surface area (Å²) in [6.07, 6.45) is 0. The van der Waals surface area contributed by atoms with Gasteiger partial charge in [0.2, 0.25) is 0 Å². The lowest BCUT2D eigenvalue weighted by molar-refractivity contribution is 0.753. The molecule has 0 radical (unpaired) electrons. The van der Waals surface area contributed by atoms with E-state index in [0.29, 0.717) is 0 Å². The third kappa shape index (κ3) is 5.29. The average Bonchev–Trinajstić information content (AvgIpc) is 3.89. The van der Waals surface area contributed by atoms with Crippen LogP contribution in [0.5, 0.6) is 0 Å². The Balaban J connectivity index is 1.17. The summed E-state index contributed by atoms with van der Waals surface area (Å²) < 4.78 is 2.59. The van der Waals surface area contributed by atoms with Crippen molar-refractivity contribution >= 4 is 48.6 Å². The zero-order chi connectivity index (χ0) is 41.5. The molecule has 0 N–H and O–H groups in total. The van der Waals surface area contributed by atoms with Crippen molar-refractivity contribution in [2.75, 3.05) is 4.90 Å². The van der Waals surface area contributed by atoms with E-state index in [2.05, 4.69) is 241 Å². The second kappa shape index (κ2) is 14.1. The molecule has 0 fully saturated rings. The van der Waals surface area contributed by atoms with Crippen LogP contribution in [0.25, 0.3) is 75.8 Å². The van der Waals surface area contributed by atoms with E-state index in [-0.39, 0.29) is 0 Å². The van der Waals surface area contributed by atoms with Crippen LogP contribution in [-0.2, 0) is 5.41 Å². The molecule has 1 aliphatic heterocycles. The minimum absolute atomic E-state index is 0.631. The first kappa shape index (κ1) is 35.9. The lowest BCUT2D eigenvalue weighted by Gasteiger charge is -2.45. The third-order valence-electron chi connectivity index (χ3n) is 13.5. The Labute approximate surface area is 371 Å². The van der Waals surface area contributed by atoms with E-state index < -0.39 is 5.41 Å². The van der Waals surface area contributed by atoms with Gasteiger partial charge in [-0.3, -0.25) is 0 Å². The van der Waals surface area contributed by atoms with E-state index in [4.69, 9.17) is 0 Å². The number of hydrogen-bond acceptors (Lipinski definition) is 2. The first-order valence-electron chi connectivity index (χ1n) is 21.8. The quantitative estimate of drug-likeness (QED) is 0.167. The third-order valence-corrected chi connectivity index (χ3v) is 14.6. The van der Waals surface area contributed by atoms with Crippen molar-refractivity contribution in [1.29, 1.82) is 0 Å². The van der Waals surface area contributed by atoms with Crippen molar-refractivity contribution in [3.8, 4) is 55.6 Å². The summed E-state index contributed by atoms with van der Waals surface area (Å²) in [6.45, 7) is 0. The van der Waals surface area contributed by atoms with Gasteiger partial charge in [0.05, 0.1) is 22.5 Å². The Morgan fingerprint density at radius 1 is 0.286 bits per heavy atom. The van der Waals surface area contributed by atoms with Gasteiger partial charge < -0.3 is 4.90 Å². The summed E-state index contributed by atoms with van der Waals surface area (Å²) in [7, 11) is 0. The number of rotatable bonds is 5. The molecule has 2 heterocycles. The summed E-state index contributed by atoms with van der Waals surface area (Å²) in [5, 5.41) is 2.57. The highest BCUT2D eigenvalue weighted by molar-refractivity contribution is 7.26. The summed E-state index contributed by atoms with van der Waals surface area (Å²) in [5.74, 6) is 0. The van der Waals surface area contributed by atoms with Crippen molar-refractivity contribution in [1.82, 2.24) is 0 Å². The average molecular weight is 818 g/mol.